The number of hydrogen-bond acceptors (Lipinski definition) is 3. The SMILES string of the molecule is COc1ccc(C(C)C)cc1C(=O)C(=O)N(C)C. The normalized spacial score (nSPS) is 10.3. The van der Waals surface area contributed by atoms with Crippen molar-refractivity contribution in [3.8, 4) is 5.75 Å². The molecule has 0 fully saturated rings. The minimum absolute atomic E-state index is 0.289. The minimum atomic E-state index is -0.547. The van der Waals surface area contributed by atoms with Crippen molar-refractivity contribution in [1.29, 1.82) is 0 Å². The molecule has 0 aromatic heterocycles. The topological polar surface area (TPSA) is 46.6 Å². The summed E-state index contributed by atoms with van der Waals surface area (Å²) >= 11 is 0. The smallest absolute Gasteiger partial charge is 0.294 e. The fraction of sp³-hybridized carbons (Fsp3) is 0.429. The summed E-state index contributed by atoms with van der Waals surface area (Å²) in [4.78, 5) is 25.1. The summed E-state index contributed by atoms with van der Waals surface area (Å²) in [6.07, 6.45) is 0. The number of carbonyl (C=O) groups is 2. The van der Waals surface area contributed by atoms with E-state index < -0.39 is 11.7 Å². The zero-order valence-corrected chi connectivity index (χ0v) is 11.5. The molecule has 0 unspecified atom stereocenters. The maximum Gasteiger partial charge on any atom is 0.294 e. The van der Waals surface area contributed by atoms with Crippen LogP contribution < -0.4 is 4.74 Å². The fourth-order valence-corrected chi connectivity index (χ4v) is 1.58. The lowest BCUT2D eigenvalue weighted by Gasteiger charge is -2.14. The van der Waals surface area contributed by atoms with Gasteiger partial charge in [-0.05, 0) is 23.6 Å². The van der Waals surface area contributed by atoms with Crippen molar-refractivity contribution >= 4 is 11.7 Å². The van der Waals surface area contributed by atoms with Gasteiger partial charge in [-0.15, -0.1) is 0 Å². The number of carbonyl (C=O) groups excluding carboxylic acids is 2. The third-order valence-corrected chi connectivity index (χ3v) is 2.74. The third kappa shape index (κ3) is 2.88. The molecule has 0 bridgehead atoms. The second-order valence-corrected chi connectivity index (χ2v) is 4.64. The molecule has 0 saturated heterocycles. The highest BCUT2D eigenvalue weighted by atomic mass is 16.5. The molecule has 0 N–H and O–H groups in total. The number of amides is 1. The lowest BCUT2D eigenvalue weighted by atomic mass is 9.98. The molecule has 0 saturated carbocycles. The molecule has 4 heteroatoms. The molecule has 0 aliphatic rings. The predicted molar refractivity (Wildman–Crippen MR) is 70.1 cm³/mol. The molecule has 0 heterocycles. The average molecular weight is 249 g/mol. The monoisotopic (exact) mass is 249 g/mol. The minimum Gasteiger partial charge on any atom is -0.496 e. The quantitative estimate of drug-likeness (QED) is 0.606. The van der Waals surface area contributed by atoms with Gasteiger partial charge in [0, 0.05) is 14.1 Å². The summed E-state index contributed by atoms with van der Waals surface area (Å²) in [5.74, 6) is -0.370. The number of Topliss-reactive ketones (excluding diaryl/α,β-unsaturated/α-hetero) is 1. The number of ether oxygens (including phenoxy) is 1. The molecule has 0 radical (unpaired) electrons. The number of methoxy groups -OCH3 is 1. The van der Waals surface area contributed by atoms with Gasteiger partial charge in [0.25, 0.3) is 11.7 Å². The van der Waals surface area contributed by atoms with Crippen molar-refractivity contribution in [3.63, 3.8) is 0 Å². The largest absolute Gasteiger partial charge is 0.496 e. The van der Waals surface area contributed by atoms with E-state index in [1.54, 1.807) is 26.2 Å². The molecular weight excluding hydrogens is 230 g/mol. The molecule has 1 aromatic carbocycles. The van der Waals surface area contributed by atoms with Crippen LogP contribution in [0, 0.1) is 0 Å². The van der Waals surface area contributed by atoms with Gasteiger partial charge in [-0.25, -0.2) is 0 Å². The first kappa shape index (κ1) is 14.2. The standard InChI is InChI=1S/C14H19NO3/c1-9(2)10-6-7-12(18-5)11(8-10)13(16)14(17)15(3)4/h6-9H,1-5H3. The van der Waals surface area contributed by atoms with E-state index >= 15 is 0 Å². The van der Waals surface area contributed by atoms with Gasteiger partial charge in [-0.1, -0.05) is 19.9 Å². The maximum absolute atomic E-state index is 12.1. The van der Waals surface area contributed by atoms with Crippen molar-refractivity contribution in [2.24, 2.45) is 0 Å². The summed E-state index contributed by atoms with van der Waals surface area (Å²) < 4.78 is 5.14. The van der Waals surface area contributed by atoms with Crippen LogP contribution in [0.15, 0.2) is 18.2 Å². The van der Waals surface area contributed by atoms with Crippen LogP contribution in [-0.4, -0.2) is 37.8 Å². The Morgan fingerprint density at radius 2 is 1.83 bits per heavy atom. The first-order valence-electron chi connectivity index (χ1n) is 5.82. The van der Waals surface area contributed by atoms with E-state index in [2.05, 4.69) is 0 Å². The molecule has 1 rings (SSSR count). The van der Waals surface area contributed by atoms with Gasteiger partial charge in [-0.3, -0.25) is 9.59 Å². The summed E-state index contributed by atoms with van der Waals surface area (Å²) in [5, 5.41) is 0. The number of benzene rings is 1. The zero-order valence-electron chi connectivity index (χ0n) is 11.5. The molecule has 0 spiro atoms. The second kappa shape index (κ2) is 5.67. The molecular formula is C14H19NO3. The maximum atomic E-state index is 12.1. The number of hydrogen-bond donors (Lipinski definition) is 0. The van der Waals surface area contributed by atoms with Crippen molar-refractivity contribution in [2.75, 3.05) is 21.2 Å². The Balaban J connectivity index is 3.24. The number of nitrogens with zero attached hydrogens (tertiary/aromatic N) is 1. The highest BCUT2D eigenvalue weighted by Gasteiger charge is 2.22. The van der Waals surface area contributed by atoms with Gasteiger partial charge in [0.05, 0.1) is 12.7 Å². The van der Waals surface area contributed by atoms with Gasteiger partial charge >= 0.3 is 0 Å². The van der Waals surface area contributed by atoms with E-state index in [4.69, 9.17) is 4.74 Å². The first-order chi connectivity index (χ1) is 8.38. The van der Waals surface area contributed by atoms with Gasteiger partial charge in [0.2, 0.25) is 0 Å². The second-order valence-electron chi connectivity index (χ2n) is 4.64. The summed E-state index contributed by atoms with van der Waals surface area (Å²) in [7, 11) is 4.60. The fourth-order valence-electron chi connectivity index (χ4n) is 1.58. The van der Waals surface area contributed by atoms with Crippen LogP contribution in [0.4, 0.5) is 0 Å². The Morgan fingerprint density at radius 1 is 1.22 bits per heavy atom. The van der Waals surface area contributed by atoms with Crippen LogP contribution in [0.3, 0.4) is 0 Å². The Morgan fingerprint density at radius 3 is 2.28 bits per heavy atom. The van der Waals surface area contributed by atoms with Crippen LogP contribution in [0.2, 0.25) is 0 Å². The number of ketones is 1. The highest BCUT2D eigenvalue weighted by molar-refractivity contribution is 6.43. The van der Waals surface area contributed by atoms with Crippen LogP contribution in [0.1, 0.15) is 35.7 Å². The number of likely N-dealkylation sites (N-methyl/N-ethyl adjacent to an activating group) is 1. The summed E-state index contributed by atoms with van der Waals surface area (Å²) in [6, 6.07) is 5.36. The van der Waals surface area contributed by atoms with E-state index in [0.29, 0.717) is 11.3 Å². The molecule has 1 amide bonds. The van der Waals surface area contributed by atoms with Crippen LogP contribution in [0.25, 0.3) is 0 Å². The van der Waals surface area contributed by atoms with E-state index in [1.165, 1.54) is 12.0 Å². The van der Waals surface area contributed by atoms with Crippen molar-refractivity contribution in [2.45, 2.75) is 19.8 Å². The molecule has 18 heavy (non-hydrogen) atoms. The van der Waals surface area contributed by atoms with Gasteiger partial charge < -0.3 is 9.64 Å². The lowest BCUT2D eigenvalue weighted by molar-refractivity contribution is -0.124. The molecule has 0 aliphatic carbocycles. The van der Waals surface area contributed by atoms with Crippen LogP contribution in [0.5, 0.6) is 5.75 Å². The predicted octanol–water partition coefficient (Wildman–Crippen LogP) is 2.09. The van der Waals surface area contributed by atoms with Crippen molar-refractivity contribution < 1.29 is 14.3 Å². The Hall–Kier alpha value is -1.84. The molecule has 1 aromatic rings. The highest BCUT2D eigenvalue weighted by Crippen LogP contribution is 2.24. The average Bonchev–Trinajstić information content (AvgIpc) is 2.35. The molecule has 4 nitrogen and oxygen atoms in total. The van der Waals surface area contributed by atoms with Crippen molar-refractivity contribution in [3.05, 3.63) is 29.3 Å². The summed E-state index contributed by atoms with van der Waals surface area (Å²) in [6.45, 7) is 4.06. The lowest BCUT2D eigenvalue weighted by Crippen LogP contribution is -2.30. The first-order valence-corrected chi connectivity index (χ1v) is 5.82. The molecule has 98 valence electrons. The van der Waals surface area contributed by atoms with Gasteiger partial charge in [-0.2, -0.15) is 0 Å². The van der Waals surface area contributed by atoms with Crippen LogP contribution >= 0.6 is 0 Å². The molecule has 0 aliphatic heterocycles. The van der Waals surface area contributed by atoms with Crippen molar-refractivity contribution in [1.82, 2.24) is 4.90 Å². The van der Waals surface area contributed by atoms with Gasteiger partial charge in [0.15, 0.2) is 0 Å². The van der Waals surface area contributed by atoms with E-state index in [1.807, 2.05) is 19.9 Å². The van der Waals surface area contributed by atoms with E-state index in [0.717, 1.165) is 5.56 Å². The Labute approximate surface area is 108 Å². The summed E-state index contributed by atoms with van der Waals surface area (Å²) in [5.41, 5.74) is 1.33. The van der Waals surface area contributed by atoms with Gasteiger partial charge in [0.1, 0.15) is 5.75 Å². The zero-order chi connectivity index (χ0) is 13.9. The molecule has 0 atom stereocenters. The Bertz CT molecular complexity index is 464. The van der Waals surface area contributed by atoms with E-state index in [-0.39, 0.29) is 5.92 Å². The van der Waals surface area contributed by atoms with Crippen LogP contribution in [-0.2, 0) is 4.79 Å². The number of rotatable bonds is 4. The Kier molecular flexibility index (Phi) is 4.48. The van der Waals surface area contributed by atoms with E-state index in [9.17, 15) is 9.59 Å². The third-order valence-electron chi connectivity index (χ3n) is 2.74.